The summed E-state index contributed by atoms with van der Waals surface area (Å²) in [5.74, 6) is 1.99. The van der Waals surface area contributed by atoms with Gasteiger partial charge in [0.1, 0.15) is 0 Å². The molecule has 4 atom stereocenters. The van der Waals surface area contributed by atoms with Gasteiger partial charge in [0, 0.05) is 12.0 Å². The molecule has 0 aromatic carbocycles. The molecule has 2 aliphatic carbocycles. The third-order valence-corrected chi connectivity index (χ3v) is 4.18. The smallest absolute Gasteiger partial charge is 0.223 e. The average Bonchev–Trinajstić information content (AvgIpc) is 2.78. The third kappa shape index (κ3) is 2.78. The van der Waals surface area contributed by atoms with Gasteiger partial charge in [0.2, 0.25) is 5.91 Å². The summed E-state index contributed by atoms with van der Waals surface area (Å²) in [5, 5.41) is 3.26. The Kier molecular flexibility index (Phi) is 3.02. The number of nitrogens with one attached hydrogen (secondary N) is 1. The van der Waals surface area contributed by atoms with Crippen LogP contribution in [0.1, 0.15) is 53.4 Å². The van der Waals surface area contributed by atoms with E-state index in [0.29, 0.717) is 29.2 Å². The van der Waals surface area contributed by atoms with E-state index in [1.165, 1.54) is 6.42 Å². The van der Waals surface area contributed by atoms with Crippen molar-refractivity contribution >= 4 is 5.91 Å². The molecule has 92 valence electrons. The minimum Gasteiger partial charge on any atom is -0.353 e. The third-order valence-electron chi connectivity index (χ3n) is 4.18. The summed E-state index contributed by atoms with van der Waals surface area (Å²) >= 11 is 0. The zero-order valence-corrected chi connectivity index (χ0v) is 11.0. The van der Waals surface area contributed by atoms with E-state index in [-0.39, 0.29) is 0 Å². The zero-order chi connectivity index (χ0) is 11.9. The first-order valence-corrected chi connectivity index (χ1v) is 6.68. The summed E-state index contributed by atoms with van der Waals surface area (Å²) in [6.07, 6.45) is 4.69. The Morgan fingerprint density at radius 3 is 2.31 bits per heavy atom. The van der Waals surface area contributed by atoms with Gasteiger partial charge in [-0.1, -0.05) is 27.7 Å². The molecule has 2 rings (SSSR count). The van der Waals surface area contributed by atoms with Crippen molar-refractivity contribution in [3.63, 3.8) is 0 Å². The zero-order valence-electron chi connectivity index (χ0n) is 11.0. The average molecular weight is 223 g/mol. The summed E-state index contributed by atoms with van der Waals surface area (Å²) in [4.78, 5) is 11.9. The second-order valence-corrected chi connectivity index (χ2v) is 6.94. The van der Waals surface area contributed by atoms with Crippen molar-refractivity contribution in [2.45, 2.75) is 59.4 Å². The van der Waals surface area contributed by atoms with Crippen LogP contribution in [0, 0.1) is 23.2 Å². The van der Waals surface area contributed by atoms with E-state index >= 15 is 0 Å². The maximum atomic E-state index is 11.9. The molecule has 2 fully saturated rings. The number of hydrogen-bond acceptors (Lipinski definition) is 1. The van der Waals surface area contributed by atoms with Crippen molar-refractivity contribution in [1.29, 1.82) is 0 Å². The van der Waals surface area contributed by atoms with Crippen molar-refractivity contribution in [3.05, 3.63) is 0 Å². The molecule has 2 nitrogen and oxygen atoms in total. The van der Waals surface area contributed by atoms with E-state index in [4.69, 9.17) is 0 Å². The quantitative estimate of drug-likeness (QED) is 0.766. The van der Waals surface area contributed by atoms with Gasteiger partial charge in [-0.15, -0.1) is 0 Å². The van der Waals surface area contributed by atoms with Gasteiger partial charge in [0.05, 0.1) is 0 Å². The largest absolute Gasteiger partial charge is 0.353 e. The van der Waals surface area contributed by atoms with E-state index in [1.54, 1.807) is 0 Å². The molecular formula is C14H25NO. The molecule has 0 aromatic heterocycles. The maximum absolute atomic E-state index is 11.9. The molecule has 0 aliphatic heterocycles. The van der Waals surface area contributed by atoms with Crippen LogP contribution in [-0.2, 0) is 4.79 Å². The normalized spacial score (nSPS) is 41.5. The summed E-state index contributed by atoms with van der Waals surface area (Å²) in [5.41, 5.74) is 0.394. The Bertz CT molecular complexity index is 284. The van der Waals surface area contributed by atoms with Gasteiger partial charge in [0.25, 0.3) is 0 Å². The first-order valence-electron chi connectivity index (χ1n) is 6.68. The number of carbonyl (C=O) groups excluding carboxylic acids is 1. The summed E-state index contributed by atoms with van der Waals surface area (Å²) in [6.45, 7) is 9.11. The fraction of sp³-hybridized carbons (Fsp3) is 0.929. The van der Waals surface area contributed by atoms with Gasteiger partial charge in [-0.2, -0.15) is 0 Å². The molecule has 0 spiro atoms. The maximum Gasteiger partial charge on any atom is 0.223 e. The molecule has 1 amide bonds. The van der Waals surface area contributed by atoms with Gasteiger partial charge in [-0.05, 0) is 42.9 Å². The Hall–Kier alpha value is -0.530. The van der Waals surface area contributed by atoms with Crippen LogP contribution in [0.2, 0.25) is 0 Å². The first kappa shape index (κ1) is 11.9. The van der Waals surface area contributed by atoms with Crippen LogP contribution in [0.5, 0.6) is 0 Å². The predicted molar refractivity (Wildman–Crippen MR) is 66.0 cm³/mol. The van der Waals surface area contributed by atoms with Crippen LogP contribution < -0.4 is 5.32 Å². The summed E-state index contributed by atoms with van der Waals surface area (Å²) in [7, 11) is 0. The Balaban J connectivity index is 1.87. The number of carbonyl (C=O) groups is 1. The highest BCUT2D eigenvalue weighted by molar-refractivity contribution is 5.81. The van der Waals surface area contributed by atoms with Gasteiger partial charge in [0.15, 0.2) is 0 Å². The molecule has 0 bridgehead atoms. The van der Waals surface area contributed by atoms with Crippen LogP contribution in [0.25, 0.3) is 0 Å². The molecular weight excluding hydrogens is 198 g/mol. The highest BCUT2D eigenvalue weighted by atomic mass is 16.2. The number of hydrogen-bond donors (Lipinski definition) is 1. The Morgan fingerprint density at radius 1 is 1.19 bits per heavy atom. The molecule has 0 heterocycles. The molecule has 0 saturated heterocycles. The summed E-state index contributed by atoms with van der Waals surface area (Å²) < 4.78 is 0. The SMILES string of the molecule is C[C@@H]1C[C@H](NC(=O)[C@H]2C[C@@H]2C)CC(C)(C)C1. The lowest BCUT2D eigenvalue weighted by atomic mass is 9.70. The van der Waals surface area contributed by atoms with Crippen LogP contribution in [0.3, 0.4) is 0 Å². The van der Waals surface area contributed by atoms with E-state index in [2.05, 4.69) is 33.0 Å². The van der Waals surface area contributed by atoms with Crippen LogP contribution in [-0.4, -0.2) is 11.9 Å². The Labute approximate surface area is 99.2 Å². The van der Waals surface area contributed by atoms with E-state index in [9.17, 15) is 4.79 Å². The van der Waals surface area contributed by atoms with Crippen LogP contribution in [0.15, 0.2) is 0 Å². The van der Waals surface area contributed by atoms with Crippen LogP contribution in [0.4, 0.5) is 0 Å². The van der Waals surface area contributed by atoms with Crippen molar-refractivity contribution < 1.29 is 4.79 Å². The monoisotopic (exact) mass is 223 g/mol. The fourth-order valence-corrected chi connectivity index (χ4v) is 3.45. The lowest BCUT2D eigenvalue weighted by molar-refractivity contribution is -0.123. The minimum atomic E-state index is 0.308. The molecule has 16 heavy (non-hydrogen) atoms. The molecule has 0 radical (unpaired) electrons. The summed E-state index contributed by atoms with van der Waals surface area (Å²) in [6, 6.07) is 0.416. The van der Waals surface area contributed by atoms with Crippen molar-refractivity contribution in [2.75, 3.05) is 0 Å². The van der Waals surface area contributed by atoms with Gasteiger partial charge in [-0.25, -0.2) is 0 Å². The Morgan fingerprint density at radius 2 is 1.81 bits per heavy atom. The highest BCUT2D eigenvalue weighted by Crippen LogP contribution is 2.40. The fourth-order valence-electron chi connectivity index (χ4n) is 3.45. The van der Waals surface area contributed by atoms with Crippen molar-refractivity contribution in [3.8, 4) is 0 Å². The molecule has 0 unspecified atom stereocenters. The standard InChI is InChI=1S/C14H25NO/c1-9-5-11(8-14(3,4)7-9)15-13(16)12-6-10(12)2/h9-12H,5-8H2,1-4H3,(H,15,16)/t9-,10+,11+,12+/m1/s1. The predicted octanol–water partition coefficient (Wildman–Crippen LogP) is 2.97. The van der Waals surface area contributed by atoms with Crippen molar-refractivity contribution in [1.82, 2.24) is 5.32 Å². The highest BCUT2D eigenvalue weighted by Gasteiger charge is 2.41. The van der Waals surface area contributed by atoms with E-state index in [0.717, 1.165) is 25.2 Å². The van der Waals surface area contributed by atoms with Gasteiger partial charge in [-0.3, -0.25) is 4.79 Å². The minimum absolute atomic E-state index is 0.308. The molecule has 2 heteroatoms. The lowest BCUT2D eigenvalue weighted by Crippen LogP contribution is -2.43. The number of rotatable bonds is 2. The topological polar surface area (TPSA) is 29.1 Å². The lowest BCUT2D eigenvalue weighted by Gasteiger charge is -2.39. The molecule has 0 aromatic rings. The molecule has 2 saturated carbocycles. The van der Waals surface area contributed by atoms with Crippen molar-refractivity contribution in [2.24, 2.45) is 23.2 Å². The second kappa shape index (κ2) is 4.05. The number of amides is 1. The van der Waals surface area contributed by atoms with Crippen LogP contribution >= 0.6 is 0 Å². The van der Waals surface area contributed by atoms with E-state index in [1.807, 2.05) is 0 Å². The van der Waals surface area contributed by atoms with Gasteiger partial charge >= 0.3 is 0 Å². The molecule has 1 N–H and O–H groups in total. The molecule has 2 aliphatic rings. The van der Waals surface area contributed by atoms with E-state index < -0.39 is 0 Å². The van der Waals surface area contributed by atoms with Gasteiger partial charge < -0.3 is 5.32 Å². The first-order chi connectivity index (χ1) is 7.37. The second-order valence-electron chi connectivity index (χ2n) is 6.94.